The molecule has 0 spiro atoms. The summed E-state index contributed by atoms with van der Waals surface area (Å²) in [6.45, 7) is -1.49. The second kappa shape index (κ2) is 6.40. The topological polar surface area (TPSA) is 86.3 Å². The summed E-state index contributed by atoms with van der Waals surface area (Å²) in [6.07, 6.45) is -2.73. The van der Waals surface area contributed by atoms with Crippen molar-refractivity contribution in [3.05, 3.63) is 40.3 Å². The van der Waals surface area contributed by atoms with Gasteiger partial charge in [-0.05, 0) is 6.07 Å². The number of hydrogen-bond donors (Lipinski definition) is 2. The number of nitrogens with zero attached hydrogens (tertiary/aromatic N) is 2. The van der Waals surface area contributed by atoms with Crippen molar-refractivity contribution >= 4 is 16.7 Å². The number of nitrogens with one attached hydrogen (secondary N) is 1. The van der Waals surface area contributed by atoms with Crippen LogP contribution in [0.25, 0.3) is 10.8 Å². The van der Waals surface area contributed by atoms with Crippen LogP contribution in [-0.2, 0) is 0 Å². The van der Waals surface area contributed by atoms with Gasteiger partial charge in [0.05, 0.1) is 18.5 Å². The van der Waals surface area contributed by atoms with Gasteiger partial charge >= 0.3 is 0 Å². The zero-order valence-corrected chi connectivity index (χ0v) is 10.9. The number of benzene rings is 1. The number of carbonyl (C=O) groups is 1. The number of aromatic amines is 1. The first-order valence-corrected chi connectivity index (χ1v) is 6.20. The minimum absolute atomic E-state index is 0.126. The zero-order valence-electron chi connectivity index (χ0n) is 10.9. The van der Waals surface area contributed by atoms with E-state index in [0.717, 1.165) is 4.90 Å². The standard InChI is InChI=1S/C13H13F2N3O3/c14-10(15)7-18(5-6-19)13(21)11-8-3-1-2-4-9(8)12(20)17-16-11/h1-4,10,19H,5-7H2,(H,17,20). The molecule has 0 fully saturated rings. The summed E-state index contributed by atoms with van der Waals surface area (Å²) < 4.78 is 25.0. The molecule has 2 N–H and O–H groups in total. The molecule has 0 aliphatic rings. The summed E-state index contributed by atoms with van der Waals surface area (Å²) in [5, 5.41) is 15.2. The van der Waals surface area contributed by atoms with Crippen molar-refractivity contribution in [1.29, 1.82) is 0 Å². The number of amides is 1. The van der Waals surface area contributed by atoms with Crippen LogP contribution in [0.4, 0.5) is 8.78 Å². The number of alkyl halides is 2. The van der Waals surface area contributed by atoms with Crippen LogP contribution in [0.3, 0.4) is 0 Å². The van der Waals surface area contributed by atoms with Crippen LogP contribution in [0.1, 0.15) is 10.5 Å². The molecular formula is C13H13F2N3O3. The molecule has 1 aromatic carbocycles. The fraction of sp³-hybridized carbons (Fsp3) is 0.308. The Balaban J connectivity index is 2.47. The fourth-order valence-corrected chi connectivity index (χ4v) is 1.99. The molecule has 0 radical (unpaired) electrons. The molecule has 0 saturated heterocycles. The lowest BCUT2D eigenvalue weighted by molar-refractivity contribution is 0.0505. The molecule has 1 heterocycles. The van der Waals surface area contributed by atoms with Gasteiger partial charge in [0.15, 0.2) is 5.69 Å². The summed E-state index contributed by atoms with van der Waals surface area (Å²) in [5.74, 6) is -0.767. The number of aromatic nitrogens is 2. The van der Waals surface area contributed by atoms with Gasteiger partial charge in [0.25, 0.3) is 17.9 Å². The molecule has 0 aliphatic carbocycles. The fourth-order valence-electron chi connectivity index (χ4n) is 1.99. The van der Waals surface area contributed by atoms with Crippen LogP contribution >= 0.6 is 0 Å². The average molecular weight is 297 g/mol. The Kier molecular flexibility index (Phi) is 4.59. The van der Waals surface area contributed by atoms with E-state index < -0.39 is 31.0 Å². The van der Waals surface area contributed by atoms with E-state index in [-0.39, 0.29) is 23.0 Å². The van der Waals surface area contributed by atoms with E-state index in [1.54, 1.807) is 12.1 Å². The first-order chi connectivity index (χ1) is 10.0. The lowest BCUT2D eigenvalue weighted by Crippen LogP contribution is -2.38. The molecule has 0 unspecified atom stereocenters. The van der Waals surface area contributed by atoms with Crippen LogP contribution in [0.5, 0.6) is 0 Å². The predicted octanol–water partition coefficient (Wildman–Crippen LogP) is 0.623. The summed E-state index contributed by atoms with van der Waals surface area (Å²) in [5.41, 5.74) is -0.594. The number of fused-ring (bicyclic) bond motifs is 1. The molecule has 0 saturated carbocycles. The summed E-state index contributed by atoms with van der Waals surface area (Å²) in [6, 6.07) is 6.26. The zero-order chi connectivity index (χ0) is 15.4. The minimum Gasteiger partial charge on any atom is -0.395 e. The van der Waals surface area contributed by atoms with Crippen molar-refractivity contribution in [3.63, 3.8) is 0 Å². The quantitative estimate of drug-likeness (QED) is 0.847. The Bertz CT molecular complexity index is 702. The molecule has 112 valence electrons. The van der Waals surface area contributed by atoms with Gasteiger partial charge in [0.2, 0.25) is 0 Å². The lowest BCUT2D eigenvalue weighted by atomic mass is 10.1. The highest BCUT2D eigenvalue weighted by Gasteiger charge is 2.23. The third-order valence-corrected chi connectivity index (χ3v) is 2.91. The van der Waals surface area contributed by atoms with Crippen LogP contribution in [0.2, 0.25) is 0 Å². The van der Waals surface area contributed by atoms with Gasteiger partial charge in [-0.3, -0.25) is 9.59 Å². The normalized spacial score (nSPS) is 11.0. The number of hydrogen-bond acceptors (Lipinski definition) is 4. The van der Waals surface area contributed by atoms with Crippen LogP contribution in [0, 0.1) is 0 Å². The Morgan fingerprint density at radius 2 is 2.00 bits per heavy atom. The van der Waals surface area contributed by atoms with Crippen molar-refractivity contribution in [3.8, 4) is 0 Å². The summed E-state index contributed by atoms with van der Waals surface area (Å²) in [7, 11) is 0. The number of rotatable bonds is 5. The van der Waals surface area contributed by atoms with Gasteiger partial charge in [0.1, 0.15) is 0 Å². The van der Waals surface area contributed by atoms with Gasteiger partial charge < -0.3 is 10.0 Å². The number of carbonyl (C=O) groups excluding carboxylic acids is 1. The number of aliphatic hydroxyl groups excluding tert-OH is 1. The van der Waals surface area contributed by atoms with E-state index in [4.69, 9.17) is 5.11 Å². The van der Waals surface area contributed by atoms with Crippen molar-refractivity contribution in [2.24, 2.45) is 0 Å². The number of halogens is 2. The van der Waals surface area contributed by atoms with E-state index in [9.17, 15) is 18.4 Å². The first-order valence-electron chi connectivity index (χ1n) is 6.20. The third-order valence-electron chi connectivity index (χ3n) is 2.91. The molecular weight excluding hydrogens is 284 g/mol. The molecule has 1 aromatic heterocycles. The molecule has 0 atom stereocenters. The molecule has 8 heteroatoms. The van der Waals surface area contributed by atoms with Gasteiger partial charge in [-0.2, -0.15) is 5.10 Å². The first kappa shape index (κ1) is 15.0. The SMILES string of the molecule is O=C(c1n[nH]c(=O)c2ccccc12)N(CCO)CC(F)F. The molecule has 0 bridgehead atoms. The predicted molar refractivity (Wildman–Crippen MR) is 71.4 cm³/mol. The highest BCUT2D eigenvalue weighted by Crippen LogP contribution is 2.15. The second-order valence-corrected chi connectivity index (χ2v) is 4.31. The maximum Gasteiger partial charge on any atom is 0.275 e. The molecule has 0 aliphatic heterocycles. The van der Waals surface area contributed by atoms with Gasteiger partial charge in [-0.25, -0.2) is 13.9 Å². The average Bonchev–Trinajstić information content (AvgIpc) is 2.46. The van der Waals surface area contributed by atoms with Crippen molar-refractivity contribution in [2.45, 2.75) is 6.43 Å². The van der Waals surface area contributed by atoms with Gasteiger partial charge in [-0.15, -0.1) is 0 Å². The van der Waals surface area contributed by atoms with E-state index in [2.05, 4.69) is 10.2 Å². The Morgan fingerprint density at radius 1 is 1.33 bits per heavy atom. The number of aliphatic hydroxyl groups is 1. The van der Waals surface area contributed by atoms with E-state index in [1.165, 1.54) is 12.1 Å². The summed E-state index contributed by atoms with van der Waals surface area (Å²) >= 11 is 0. The van der Waals surface area contributed by atoms with Crippen LogP contribution in [0.15, 0.2) is 29.1 Å². The van der Waals surface area contributed by atoms with Crippen molar-refractivity contribution in [1.82, 2.24) is 15.1 Å². The van der Waals surface area contributed by atoms with Crippen LogP contribution < -0.4 is 5.56 Å². The lowest BCUT2D eigenvalue weighted by Gasteiger charge is -2.21. The molecule has 6 nitrogen and oxygen atoms in total. The maximum atomic E-state index is 12.5. The second-order valence-electron chi connectivity index (χ2n) is 4.31. The Morgan fingerprint density at radius 3 is 2.62 bits per heavy atom. The maximum absolute atomic E-state index is 12.5. The van der Waals surface area contributed by atoms with Crippen molar-refractivity contribution < 1.29 is 18.7 Å². The molecule has 2 rings (SSSR count). The van der Waals surface area contributed by atoms with Crippen molar-refractivity contribution in [2.75, 3.05) is 19.7 Å². The van der Waals surface area contributed by atoms with Gasteiger partial charge in [-0.1, -0.05) is 18.2 Å². The van der Waals surface area contributed by atoms with E-state index >= 15 is 0 Å². The highest BCUT2D eigenvalue weighted by atomic mass is 19.3. The molecule has 21 heavy (non-hydrogen) atoms. The van der Waals surface area contributed by atoms with E-state index in [0.29, 0.717) is 0 Å². The highest BCUT2D eigenvalue weighted by molar-refractivity contribution is 6.04. The smallest absolute Gasteiger partial charge is 0.275 e. The molecule has 2 aromatic rings. The monoisotopic (exact) mass is 297 g/mol. The summed E-state index contributed by atoms with van der Waals surface area (Å²) in [4.78, 5) is 24.7. The molecule has 1 amide bonds. The van der Waals surface area contributed by atoms with E-state index in [1.807, 2.05) is 0 Å². The van der Waals surface area contributed by atoms with Gasteiger partial charge in [0, 0.05) is 11.9 Å². The Labute approximate surface area is 118 Å². The number of H-pyrrole nitrogens is 1. The Hall–Kier alpha value is -2.35. The third kappa shape index (κ3) is 3.22. The minimum atomic E-state index is -2.73. The van der Waals surface area contributed by atoms with Crippen LogP contribution in [-0.4, -0.2) is 52.2 Å². The largest absolute Gasteiger partial charge is 0.395 e.